The molecule has 5 nitrogen and oxygen atoms in total. The van der Waals surface area contributed by atoms with Gasteiger partial charge in [0.15, 0.2) is 0 Å². The Balaban J connectivity index is 2.91. The average molecular weight is 307 g/mol. The maximum atomic E-state index is 12.3. The van der Waals surface area contributed by atoms with Gasteiger partial charge in [0.2, 0.25) is 0 Å². The number of amides is 1. The standard InChI is InChI=1S/C17H25NO4/c1-12(14-9-7-6-8-10-14)11-18(13(2)15(19)20)16(21)22-17(3,4)5/h6-10,12-13H,11H2,1-5H3,(H,19,20)/t12?,13-/m1/s1. The van der Waals surface area contributed by atoms with Gasteiger partial charge >= 0.3 is 12.1 Å². The zero-order chi connectivity index (χ0) is 16.9. The van der Waals surface area contributed by atoms with E-state index in [-0.39, 0.29) is 12.5 Å². The van der Waals surface area contributed by atoms with Gasteiger partial charge in [-0.25, -0.2) is 9.59 Å². The lowest BCUT2D eigenvalue weighted by molar-refractivity contribution is -0.142. The van der Waals surface area contributed by atoms with E-state index in [1.165, 1.54) is 11.8 Å². The van der Waals surface area contributed by atoms with Crippen LogP contribution >= 0.6 is 0 Å². The van der Waals surface area contributed by atoms with Gasteiger partial charge in [-0.3, -0.25) is 4.90 Å². The molecule has 2 atom stereocenters. The number of carbonyl (C=O) groups excluding carboxylic acids is 1. The minimum Gasteiger partial charge on any atom is -0.480 e. The van der Waals surface area contributed by atoms with Gasteiger partial charge in [0.25, 0.3) is 0 Å². The molecule has 0 spiro atoms. The first kappa shape index (κ1) is 18.0. The smallest absolute Gasteiger partial charge is 0.411 e. The maximum Gasteiger partial charge on any atom is 0.411 e. The number of ether oxygens (including phenoxy) is 1. The van der Waals surface area contributed by atoms with Crippen LogP contribution in [-0.2, 0) is 9.53 Å². The molecule has 0 saturated carbocycles. The lowest BCUT2D eigenvalue weighted by Gasteiger charge is -2.31. The number of hydrogen-bond acceptors (Lipinski definition) is 3. The molecule has 1 unspecified atom stereocenters. The van der Waals surface area contributed by atoms with Crippen LogP contribution in [0.15, 0.2) is 30.3 Å². The molecule has 122 valence electrons. The fourth-order valence-corrected chi connectivity index (χ4v) is 2.03. The zero-order valence-electron chi connectivity index (χ0n) is 13.9. The molecule has 1 aromatic carbocycles. The predicted molar refractivity (Wildman–Crippen MR) is 84.9 cm³/mol. The molecule has 5 heteroatoms. The van der Waals surface area contributed by atoms with Crippen molar-refractivity contribution < 1.29 is 19.4 Å². The highest BCUT2D eigenvalue weighted by Gasteiger charge is 2.31. The first-order chi connectivity index (χ1) is 10.1. The highest BCUT2D eigenvalue weighted by Crippen LogP contribution is 2.20. The summed E-state index contributed by atoms with van der Waals surface area (Å²) >= 11 is 0. The Morgan fingerprint density at radius 1 is 1.18 bits per heavy atom. The maximum absolute atomic E-state index is 12.3. The minimum absolute atomic E-state index is 0.00974. The summed E-state index contributed by atoms with van der Waals surface area (Å²) in [6.07, 6.45) is -0.606. The molecule has 0 heterocycles. The fourth-order valence-electron chi connectivity index (χ4n) is 2.03. The van der Waals surface area contributed by atoms with Gasteiger partial charge in [0.05, 0.1) is 0 Å². The molecule has 0 saturated heterocycles. The van der Waals surface area contributed by atoms with Crippen LogP contribution in [0.1, 0.15) is 46.1 Å². The van der Waals surface area contributed by atoms with Gasteiger partial charge in [-0.15, -0.1) is 0 Å². The van der Waals surface area contributed by atoms with Crippen molar-refractivity contribution in [3.05, 3.63) is 35.9 Å². The Labute approximate surface area is 131 Å². The highest BCUT2D eigenvalue weighted by molar-refractivity contribution is 5.79. The Hall–Kier alpha value is -2.04. The van der Waals surface area contributed by atoms with Crippen molar-refractivity contribution in [1.82, 2.24) is 4.90 Å². The van der Waals surface area contributed by atoms with Crippen LogP contribution in [-0.4, -0.2) is 40.3 Å². The van der Waals surface area contributed by atoms with Crippen LogP contribution in [0.2, 0.25) is 0 Å². The normalized spacial score (nSPS) is 14.0. The topological polar surface area (TPSA) is 66.8 Å². The van der Waals surface area contributed by atoms with Gasteiger partial charge in [-0.2, -0.15) is 0 Å². The summed E-state index contributed by atoms with van der Waals surface area (Å²) in [5.74, 6) is -1.04. The number of benzene rings is 1. The Morgan fingerprint density at radius 3 is 2.18 bits per heavy atom. The molecule has 1 rings (SSSR count). The number of hydrogen-bond donors (Lipinski definition) is 1. The molecule has 1 amide bonds. The lowest BCUT2D eigenvalue weighted by atomic mass is 10.0. The molecule has 22 heavy (non-hydrogen) atoms. The zero-order valence-corrected chi connectivity index (χ0v) is 13.9. The van der Waals surface area contributed by atoms with Gasteiger partial charge in [-0.1, -0.05) is 37.3 Å². The van der Waals surface area contributed by atoms with Crippen LogP contribution in [0.5, 0.6) is 0 Å². The Morgan fingerprint density at radius 2 is 1.73 bits per heavy atom. The first-order valence-electron chi connectivity index (χ1n) is 7.39. The number of rotatable bonds is 5. The minimum atomic E-state index is -1.05. The third-order valence-corrected chi connectivity index (χ3v) is 3.29. The van der Waals surface area contributed by atoms with E-state index in [1.54, 1.807) is 20.8 Å². The van der Waals surface area contributed by atoms with E-state index in [9.17, 15) is 14.7 Å². The van der Waals surface area contributed by atoms with Crippen molar-refractivity contribution in [2.45, 2.75) is 52.2 Å². The largest absolute Gasteiger partial charge is 0.480 e. The summed E-state index contributed by atoms with van der Waals surface area (Å²) in [6, 6.07) is 8.74. The van der Waals surface area contributed by atoms with Crippen LogP contribution in [0.25, 0.3) is 0 Å². The quantitative estimate of drug-likeness (QED) is 0.904. The number of carboxylic acid groups (broad SMARTS) is 1. The molecule has 0 aliphatic carbocycles. The van der Waals surface area contributed by atoms with Crippen molar-refractivity contribution in [1.29, 1.82) is 0 Å². The summed E-state index contributed by atoms with van der Waals surface area (Å²) in [4.78, 5) is 24.9. The van der Waals surface area contributed by atoms with Crippen LogP contribution in [0.3, 0.4) is 0 Å². The molecule has 0 aromatic heterocycles. The Bertz CT molecular complexity index is 507. The lowest BCUT2D eigenvalue weighted by Crippen LogP contribution is -2.47. The van der Waals surface area contributed by atoms with Crippen molar-refractivity contribution in [2.75, 3.05) is 6.54 Å². The third kappa shape index (κ3) is 5.39. The van der Waals surface area contributed by atoms with Crippen LogP contribution in [0, 0.1) is 0 Å². The average Bonchev–Trinajstić information content (AvgIpc) is 2.42. The number of nitrogens with zero attached hydrogens (tertiary/aromatic N) is 1. The molecule has 0 fully saturated rings. The molecule has 1 N–H and O–H groups in total. The molecule has 0 radical (unpaired) electrons. The van der Waals surface area contributed by atoms with Gasteiger partial charge < -0.3 is 9.84 Å². The molecular formula is C17H25NO4. The van der Waals surface area contributed by atoms with E-state index in [0.29, 0.717) is 0 Å². The molecular weight excluding hydrogens is 282 g/mol. The van der Waals surface area contributed by atoms with E-state index in [0.717, 1.165) is 5.56 Å². The monoisotopic (exact) mass is 307 g/mol. The number of carbonyl (C=O) groups is 2. The summed E-state index contributed by atoms with van der Waals surface area (Å²) in [5.41, 5.74) is 0.387. The van der Waals surface area contributed by atoms with E-state index < -0.39 is 23.7 Å². The highest BCUT2D eigenvalue weighted by atomic mass is 16.6. The second-order valence-electron chi connectivity index (χ2n) is 6.46. The van der Waals surface area contributed by atoms with Gasteiger partial charge in [0, 0.05) is 6.54 Å². The summed E-state index contributed by atoms with van der Waals surface area (Å²) < 4.78 is 5.33. The summed E-state index contributed by atoms with van der Waals surface area (Å²) in [5, 5.41) is 9.23. The van der Waals surface area contributed by atoms with Gasteiger partial charge in [0.1, 0.15) is 11.6 Å². The predicted octanol–water partition coefficient (Wildman–Crippen LogP) is 3.50. The van der Waals surface area contributed by atoms with Crippen molar-refractivity contribution >= 4 is 12.1 Å². The van der Waals surface area contributed by atoms with E-state index in [4.69, 9.17) is 4.74 Å². The van der Waals surface area contributed by atoms with E-state index >= 15 is 0 Å². The van der Waals surface area contributed by atoms with Crippen LogP contribution < -0.4 is 0 Å². The number of aliphatic carboxylic acids is 1. The Kier molecular flexibility index (Phi) is 5.97. The summed E-state index contributed by atoms with van der Waals surface area (Å²) in [6.45, 7) is 9.01. The van der Waals surface area contributed by atoms with Gasteiger partial charge in [-0.05, 0) is 39.2 Å². The van der Waals surface area contributed by atoms with Crippen molar-refractivity contribution in [2.24, 2.45) is 0 Å². The second kappa shape index (κ2) is 7.29. The van der Waals surface area contributed by atoms with E-state index in [1.807, 2.05) is 37.3 Å². The molecule has 1 aromatic rings. The van der Waals surface area contributed by atoms with E-state index in [2.05, 4.69) is 0 Å². The molecule has 0 bridgehead atoms. The third-order valence-electron chi connectivity index (χ3n) is 3.29. The van der Waals surface area contributed by atoms with Crippen molar-refractivity contribution in [3.63, 3.8) is 0 Å². The second-order valence-corrected chi connectivity index (χ2v) is 6.46. The van der Waals surface area contributed by atoms with Crippen LogP contribution in [0.4, 0.5) is 4.79 Å². The molecule has 0 aliphatic heterocycles. The SMILES string of the molecule is CC(CN(C(=O)OC(C)(C)C)[C@H](C)C(=O)O)c1ccccc1. The number of carboxylic acids is 1. The fraction of sp³-hybridized carbons (Fsp3) is 0.529. The first-order valence-corrected chi connectivity index (χ1v) is 7.39. The molecule has 0 aliphatic rings. The van der Waals surface area contributed by atoms with Crippen molar-refractivity contribution in [3.8, 4) is 0 Å². The summed E-state index contributed by atoms with van der Waals surface area (Å²) in [7, 11) is 0.